The molecule has 4 heterocycles. The molecule has 0 aromatic heterocycles. The maximum Gasteiger partial charge on any atom is 0.209 e. The third-order valence-electron chi connectivity index (χ3n) is 10.9. The molecule has 5 aliphatic rings. The fraction of sp³-hybridized carbons (Fsp3) is 0.283. The van der Waals surface area contributed by atoms with Gasteiger partial charge in [-0.15, -0.1) is 18.3 Å². The van der Waals surface area contributed by atoms with Gasteiger partial charge in [-0.25, -0.2) is 0 Å². The van der Waals surface area contributed by atoms with Crippen LogP contribution in [0, 0.1) is 0 Å². The maximum absolute atomic E-state index is 10.0. The van der Waals surface area contributed by atoms with Gasteiger partial charge in [0.15, 0.2) is 0 Å². The molecule has 0 amide bonds. The van der Waals surface area contributed by atoms with E-state index in [1.165, 1.54) is 22.5 Å². The van der Waals surface area contributed by atoms with Gasteiger partial charge in [0.1, 0.15) is 30.2 Å². The summed E-state index contributed by atoms with van der Waals surface area (Å²) in [4.78, 5) is 5.91. The normalized spacial score (nSPS) is 17.3. The first-order chi connectivity index (χ1) is 25.9. The Labute approximate surface area is 316 Å². The Balaban J connectivity index is 1.31. The molecule has 0 saturated carbocycles. The summed E-state index contributed by atoms with van der Waals surface area (Å²) in [6.07, 6.45) is 6.36. The predicted molar refractivity (Wildman–Crippen MR) is 220 cm³/mol. The molecule has 268 valence electrons. The van der Waals surface area contributed by atoms with Crippen LogP contribution in [0.25, 0.3) is 33.4 Å². The number of hydrogen-bond acceptors (Lipinski definition) is 6. The fourth-order valence-electron chi connectivity index (χ4n) is 8.66. The molecular formula is C46H46N3O3S+. The molecule has 0 bridgehead atoms. The number of aliphatic hydroxyl groups is 1. The number of nitrogens with zero attached hydrogens (tertiary/aromatic N) is 3. The second-order valence-corrected chi connectivity index (χ2v) is 16.7. The molecule has 6 nitrogen and oxygen atoms in total. The first-order valence-corrected chi connectivity index (χ1v) is 19.7. The van der Waals surface area contributed by atoms with Crippen LogP contribution in [0.1, 0.15) is 37.8 Å². The van der Waals surface area contributed by atoms with Crippen molar-refractivity contribution in [1.82, 2.24) is 4.58 Å². The Morgan fingerprint density at radius 2 is 1.72 bits per heavy atom. The summed E-state index contributed by atoms with van der Waals surface area (Å²) >= 11 is 1.85. The van der Waals surface area contributed by atoms with Crippen molar-refractivity contribution in [3.05, 3.63) is 126 Å². The maximum atomic E-state index is 10.0. The van der Waals surface area contributed by atoms with Crippen LogP contribution in [-0.2, 0) is 12.8 Å². The summed E-state index contributed by atoms with van der Waals surface area (Å²) in [6, 6.07) is 35.3. The molecule has 0 spiro atoms. The average Bonchev–Trinajstić information content (AvgIpc) is 3.18. The zero-order chi connectivity index (χ0) is 36.1. The van der Waals surface area contributed by atoms with Gasteiger partial charge in [0.2, 0.25) is 11.0 Å². The smallest absolute Gasteiger partial charge is 0.209 e. The summed E-state index contributed by atoms with van der Waals surface area (Å²) in [6.45, 7) is 12.3. The lowest BCUT2D eigenvalue weighted by atomic mass is 9.92. The number of thioether (sulfide) groups is 1. The molecule has 1 aliphatic carbocycles. The third-order valence-corrected chi connectivity index (χ3v) is 12.2. The van der Waals surface area contributed by atoms with E-state index in [1.807, 2.05) is 17.8 Å². The molecule has 1 N–H and O–H groups in total. The van der Waals surface area contributed by atoms with Crippen LogP contribution in [-0.4, -0.2) is 49.2 Å². The van der Waals surface area contributed by atoms with Crippen molar-refractivity contribution in [1.29, 1.82) is 0 Å². The van der Waals surface area contributed by atoms with Crippen LogP contribution in [0.4, 0.5) is 22.7 Å². The molecule has 4 aromatic rings. The summed E-state index contributed by atoms with van der Waals surface area (Å²) in [5, 5.41) is 12.2. The number of ether oxygens (including phenoxy) is 1. The minimum absolute atomic E-state index is 0.0542. The van der Waals surface area contributed by atoms with E-state index >= 15 is 0 Å². The van der Waals surface area contributed by atoms with E-state index in [4.69, 9.17) is 9.15 Å². The van der Waals surface area contributed by atoms with E-state index in [9.17, 15) is 5.11 Å². The van der Waals surface area contributed by atoms with Gasteiger partial charge >= 0.3 is 0 Å². The minimum atomic E-state index is -0.0690. The van der Waals surface area contributed by atoms with Gasteiger partial charge in [-0.1, -0.05) is 42.5 Å². The van der Waals surface area contributed by atoms with E-state index < -0.39 is 0 Å². The standard InChI is InChI=1S/C46H46N3O3S/c1-4-23-47-30-46(2,3)53-45-40(47)22-21-37(44(45)51-27-26-50)43-35-19-17-33(48-24-9-13-31-11-5-7-15-38(31)48)28-41(35)52-42-29-34(18-20-36(42)43)49-25-10-14-32-12-6-8-16-39(32)49/h4-8,11-12,15-22,28-29,50H,1,9-10,13-14,23-27,30H2,2-3H3/q+1. The largest absolute Gasteiger partial charge is 0.489 e. The van der Waals surface area contributed by atoms with Crippen molar-refractivity contribution in [3.8, 4) is 28.2 Å². The van der Waals surface area contributed by atoms with Crippen molar-refractivity contribution in [2.24, 2.45) is 0 Å². The van der Waals surface area contributed by atoms with Crippen molar-refractivity contribution in [2.75, 3.05) is 49.2 Å². The van der Waals surface area contributed by atoms with E-state index in [0.29, 0.717) is 0 Å². The highest BCUT2D eigenvalue weighted by atomic mass is 32.2. The molecule has 4 aliphatic heterocycles. The number of hydrogen-bond donors (Lipinski definition) is 1. The number of aryl methyl sites for hydroxylation is 2. The van der Waals surface area contributed by atoms with Gasteiger partial charge in [0.25, 0.3) is 0 Å². The van der Waals surface area contributed by atoms with Crippen molar-refractivity contribution < 1.29 is 14.3 Å². The van der Waals surface area contributed by atoms with Gasteiger partial charge in [-0.3, -0.25) is 0 Å². The number of benzene rings is 5. The van der Waals surface area contributed by atoms with Gasteiger partial charge in [0.05, 0.1) is 23.3 Å². The summed E-state index contributed by atoms with van der Waals surface area (Å²) in [5.41, 5.74) is 11.5. The van der Waals surface area contributed by atoms with Gasteiger partial charge in [-0.05, 0) is 75.1 Å². The third kappa shape index (κ3) is 6.10. The highest BCUT2D eigenvalue weighted by molar-refractivity contribution is 8.01. The van der Waals surface area contributed by atoms with Gasteiger partial charge < -0.3 is 24.1 Å². The monoisotopic (exact) mass is 720 g/mol. The Kier molecular flexibility index (Phi) is 8.79. The highest BCUT2D eigenvalue weighted by Gasteiger charge is 2.35. The number of para-hydroxylation sites is 2. The van der Waals surface area contributed by atoms with Crippen molar-refractivity contribution in [2.45, 2.75) is 49.2 Å². The van der Waals surface area contributed by atoms with Crippen LogP contribution in [0.3, 0.4) is 0 Å². The summed E-state index contributed by atoms with van der Waals surface area (Å²) in [7, 11) is 0. The molecule has 0 radical (unpaired) electrons. The van der Waals surface area contributed by atoms with E-state index in [2.05, 4.69) is 132 Å². The molecular weight excluding hydrogens is 675 g/mol. The Morgan fingerprint density at radius 3 is 2.58 bits per heavy atom. The molecule has 9 rings (SSSR count). The quantitative estimate of drug-likeness (QED) is 0.101. The lowest BCUT2D eigenvalue weighted by Crippen LogP contribution is -2.40. The molecule has 0 atom stereocenters. The minimum Gasteiger partial charge on any atom is -0.489 e. The highest BCUT2D eigenvalue weighted by Crippen LogP contribution is 2.54. The van der Waals surface area contributed by atoms with E-state index in [0.717, 1.165) is 113 Å². The van der Waals surface area contributed by atoms with Crippen LogP contribution >= 0.6 is 11.8 Å². The number of rotatable bonds is 7. The zero-order valence-electron chi connectivity index (χ0n) is 30.6. The molecule has 0 fully saturated rings. The predicted octanol–water partition coefficient (Wildman–Crippen LogP) is 9.59. The zero-order valence-corrected chi connectivity index (χ0v) is 31.4. The SMILES string of the molecule is C=CCN1CC(C)(C)Sc2c1ccc(-c1c3cc/c(=[N+]4/CCCc5ccccc54)cc-3oc3cc(N4CCCc5ccccc54)ccc13)c2OCCO. The summed E-state index contributed by atoms with van der Waals surface area (Å²) in [5.74, 6) is 1.64. The molecule has 4 aromatic carbocycles. The van der Waals surface area contributed by atoms with Crippen molar-refractivity contribution >= 4 is 45.5 Å². The molecule has 53 heavy (non-hydrogen) atoms. The van der Waals surface area contributed by atoms with Crippen LogP contribution < -0.4 is 24.5 Å². The van der Waals surface area contributed by atoms with Crippen LogP contribution in [0.15, 0.2) is 119 Å². The number of fused-ring (bicyclic) bond motifs is 5. The summed E-state index contributed by atoms with van der Waals surface area (Å²) < 4.78 is 16.0. The average molecular weight is 721 g/mol. The van der Waals surface area contributed by atoms with Gasteiger partial charge in [0, 0.05) is 88.0 Å². The molecule has 7 heteroatoms. The number of aliphatic hydroxyl groups excluding tert-OH is 1. The first-order valence-electron chi connectivity index (χ1n) is 18.9. The topological polar surface area (TPSA) is 52.1 Å². The van der Waals surface area contributed by atoms with Crippen molar-refractivity contribution in [3.63, 3.8) is 0 Å². The lowest BCUT2D eigenvalue weighted by Gasteiger charge is -2.40. The first kappa shape index (κ1) is 33.8. The van der Waals surface area contributed by atoms with Gasteiger partial charge in [-0.2, -0.15) is 4.58 Å². The second kappa shape index (κ2) is 13.8. The van der Waals surface area contributed by atoms with E-state index in [1.54, 1.807) is 0 Å². The molecule has 0 saturated heterocycles. The Hall–Kier alpha value is -4.98. The Bertz CT molecular complexity index is 2410. The Morgan fingerprint density at radius 1 is 0.906 bits per heavy atom. The molecule has 0 unspecified atom stereocenters. The lowest BCUT2D eigenvalue weighted by molar-refractivity contribution is 0.199. The van der Waals surface area contributed by atoms with Crippen LogP contribution in [0.2, 0.25) is 0 Å². The number of anilines is 3. The second-order valence-electron chi connectivity index (χ2n) is 15.0. The fourth-order valence-corrected chi connectivity index (χ4v) is 9.99. The van der Waals surface area contributed by atoms with E-state index in [-0.39, 0.29) is 18.0 Å². The van der Waals surface area contributed by atoms with Crippen LogP contribution in [0.5, 0.6) is 5.75 Å².